The minimum atomic E-state index is 0.0243. The van der Waals surface area contributed by atoms with E-state index >= 15 is 0 Å². The Balaban J connectivity index is 2.62. The first-order valence-corrected chi connectivity index (χ1v) is 4.67. The summed E-state index contributed by atoms with van der Waals surface area (Å²) in [6, 6.07) is 3.46. The van der Waals surface area contributed by atoms with E-state index in [-0.39, 0.29) is 5.84 Å². The van der Waals surface area contributed by atoms with E-state index in [1.165, 1.54) is 0 Å². The van der Waals surface area contributed by atoms with Crippen LogP contribution in [0.25, 0.3) is 5.82 Å². The van der Waals surface area contributed by atoms with Gasteiger partial charge in [-0.3, -0.25) is 4.57 Å². The molecule has 82 valence electrons. The third kappa shape index (κ3) is 1.60. The number of aryl methyl sites for hydroxylation is 1. The van der Waals surface area contributed by atoms with Gasteiger partial charge in [-0.05, 0) is 19.1 Å². The van der Waals surface area contributed by atoms with Crippen molar-refractivity contribution >= 4 is 5.84 Å². The van der Waals surface area contributed by atoms with Gasteiger partial charge >= 0.3 is 0 Å². The summed E-state index contributed by atoms with van der Waals surface area (Å²) in [4.78, 5) is 8.30. The van der Waals surface area contributed by atoms with E-state index in [1.807, 2.05) is 6.92 Å². The molecule has 2 heterocycles. The second kappa shape index (κ2) is 4.01. The van der Waals surface area contributed by atoms with Crippen LogP contribution >= 0.6 is 0 Å². The average Bonchev–Trinajstić information content (AvgIpc) is 2.74. The molecule has 0 saturated carbocycles. The van der Waals surface area contributed by atoms with Crippen molar-refractivity contribution in [3.05, 3.63) is 42.1 Å². The van der Waals surface area contributed by atoms with Crippen molar-refractivity contribution < 1.29 is 5.21 Å². The molecule has 2 aromatic heterocycles. The molecule has 0 saturated heterocycles. The SMILES string of the molecule is Cc1nccn1-c1ncccc1/C(N)=N/O. The molecule has 6 heteroatoms. The fourth-order valence-corrected chi connectivity index (χ4v) is 1.44. The normalized spacial score (nSPS) is 11.7. The van der Waals surface area contributed by atoms with Crippen LogP contribution in [0, 0.1) is 6.92 Å². The Morgan fingerprint density at radius 1 is 1.44 bits per heavy atom. The van der Waals surface area contributed by atoms with Gasteiger partial charge < -0.3 is 10.9 Å². The van der Waals surface area contributed by atoms with Crippen LogP contribution in [-0.2, 0) is 0 Å². The molecule has 0 aromatic carbocycles. The van der Waals surface area contributed by atoms with Crippen molar-refractivity contribution in [2.45, 2.75) is 6.92 Å². The number of hydrogen-bond donors (Lipinski definition) is 2. The zero-order valence-electron chi connectivity index (χ0n) is 8.70. The molecular weight excluding hydrogens is 206 g/mol. The molecule has 0 spiro atoms. The van der Waals surface area contributed by atoms with Gasteiger partial charge in [0, 0.05) is 18.6 Å². The summed E-state index contributed by atoms with van der Waals surface area (Å²) in [6.07, 6.45) is 5.08. The highest BCUT2D eigenvalue weighted by Gasteiger charge is 2.10. The van der Waals surface area contributed by atoms with Crippen molar-refractivity contribution in [3.8, 4) is 5.82 Å². The van der Waals surface area contributed by atoms with Crippen LogP contribution in [-0.4, -0.2) is 25.6 Å². The van der Waals surface area contributed by atoms with Crippen LogP contribution in [0.2, 0.25) is 0 Å². The van der Waals surface area contributed by atoms with E-state index in [9.17, 15) is 0 Å². The first kappa shape index (κ1) is 10.2. The lowest BCUT2D eigenvalue weighted by molar-refractivity contribution is 0.318. The largest absolute Gasteiger partial charge is 0.409 e. The third-order valence-corrected chi connectivity index (χ3v) is 2.22. The molecule has 0 aliphatic heterocycles. The predicted octanol–water partition coefficient (Wildman–Crippen LogP) is 0.670. The Hall–Kier alpha value is -2.37. The third-order valence-electron chi connectivity index (χ3n) is 2.22. The molecule has 0 aliphatic carbocycles. The van der Waals surface area contributed by atoms with E-state index in [4.69, 9.17) is 10.9 Å². The van der Waals surface area contributed by atoms with E-state index in [0.717, 1.165) is 5.82 Å². The molecule has 3 N–H and O–H groups in total. The van der Waals surface area contributed by atoms with Gasteiger partial charge in [-0.1, -0.05) is 5.16 Å². The summed E-state index contributed by atoms with van der Waals surface area (Å²) in [6.45, 7) is 1.85. The van der Waals surface area contributed by atoms with Gasteiger partial charge in [0.05, 0.1) is 5.56 Å². The zero-order valence-corrected chi connectivity index (χ0v) is 8.70. The van der Waals surface area contributed by atoms with E-state index in [1.54, 1.807) is 35.3 Å². The van der Waals surface area contributed by atoms with E-state index < -0.39 is 0 Å². The second-order valence-corrected chi connectivity index (χ2v) is 3.20. The Bertz CT molecular complexity index is 532. The maximum atomic E-state index is 8.69. The van der Waals surface area contributed by atoms with Crippen molar-refractivity contribution in [1.82, 2.24) is 14.5 Å². The summed E-state index contributed by atoms with van der Waals surface area (Å²) >= 11 is 0. The zero-order chi connectivity index (χ0) is 11.5. The van der Waals surface area contributed by atoms with Gasteiger partial charge in [0.25, 0.3) is 0 Å². The summed E-state index contributed by atoms with van der Waals surface area (Å²) in [5.41, 5.74) is 6.14. The molecule has 0 fully saturated rings. The Morgan fingerprint density at radius 3 is 2.88 bits per heavy atom. The number of pyridine rings is 1. The van der Waals surface area contributed by atoms with Gasteiger partial charge in [0.2, 0.25) is 0 Å². The highest BCUT2D eigenvalue weighted by molar-refractivity contribution is 5.99. The highest BCUT2D eigenvalue weighted by Crippen LogP contribution is 2.12. The quantitative estimate of drug-likeness (QED) is 0.335. The molecular formula is C10H11N5O. The monoisotopic (exact) mass is 217 g/mol. The Kier molecular flexibility index (Phi) is 2.55. The van der Waals surface area contributed by atoms with Gasteiger partial charge in [-0.15, -0.1) is 0 Å². The molecule has 16 heavy (non-hydrogen) atoms. The van der Waals surface area contributed by atoms with E-state index in [0.29, 0.717) is 11.4 Å². The number of rotatable bonds is 2. The summed E-state index contributed by atoms with van der Waals surface area (Å²) in [7, 11) is 0. The van der Waals surface area contributed by atoms with Crippen molar-refractivity contribution in [2.24, 2.45) is 10.9 Å². The molecule has 0 aliphatic rings. The fourth-order valence-electron chi connectivity index (χ4n) is 1.44. The number of nitrogens with zero attached hydrogens (tertiary/aromatic N) is 4. The van der Waals surface area contributed by atoms with Crippen molar-refractivity contribution in [1.29, 1.82) is 0 Å². The standard InChI is InChI=1S/C10H11N5O/c1-7-12-5-6-15(7)10-8(9(11)14-16)3-2-4-13-10/h2-6,16H,1H3,(H2,11,14). The van der Waals surface area contributed by atoms with Crippen LogP contribution in [0.4, 0.5) is 0 Å². The predicted molar refractivity (Wildman–Crippen MR) is 58.6 cm³/mol. The topological polar surface area (TPSA) is 89.3 Å². The molecule has 6 nitrogen and oxygen atoms in total. The van der Waals surface area contributed by atoms with Gasteiger partial charge in [0.1, 0.15) is 11.6 Å². The van der Waals surface area contributed by atoms with Gasteiger partial charge in [-0.25, -0.2) is 9.97 Å². The number of imidazole rings is 1. The minimum Gasteiger partial charge on any atom is -0.409 e. The number of oxime groups is 1. The lowest BCUT2D eigenvalue weighted by atomic mass is 10.2. The van der Waals surface area contributed by atoms with Crippen molar-refractivity contribution in [3.63, 3.8) is 0 Å². The smallest absolute Gasteiger partial charge is 0.173 e. The van der Waals surface area contributed by atoms with Crippen LogP contribution in [0.5, 0.6) is 0 Å². The molecule has 0 atom stereocenters. The van der Waals surface area contributed by atoms with Crippen LogP contribution in [0.1, 0.15) is 11.4 Å². The van der Waals surface area contributed by atoms with Crippen LogP contribution in [0.15, 0.2) is 35.9 Å². The van der Waals surface area contributed by atoms with Gasteiger partial charge in [-0.2, -0.15) is 0 Å². The minimum absolute atomic E-state index is 0.0243. The molecule has 2 aromatic rings. The fraction of sp³-hybridized carbons (Fsp3) is 0.100. The average molecular weight is 217 g/mol. The summed E-state index contributed by atoms with van der Waals surface area (Å²) in [5, 5.41) is 11.7. The molecule has 0 radical (unpaired) electrons. The number of hydrogen-bond acceptors (Lipinski definition) is 4. The summed E-state index contributed by atoms with van der Waals surface area (Å²) < 4.78 is 1.77. The number of aromatic nitrogens is 3. The highest BCUT2D eigenvalue weighted by atomic mass is 16.4. The molecule has 0 amide bonds. The maximum absolute atomic E-state index is 8.69. The first-order valence-electron chi connectivity index (χ1n) is 4.67. The van der Waals surface area contributed by atoms with E-state index in [2.05, 4.69) is 15.1 Å². The summed E-state index contributed by atoms with van der Waals surface area (Å²) in [5.74, 6) is 1.40. The van der Waals surface area contributed by atoms with Crippen molar-refractivity contribution in [2.75, 3.05) is 0 Å². The number of nitrogens with two attached hydrogens (primary N) is 1. The molecule has 0 bridgehead atoms. The van der Waals surface area contributed by atoms with Gasteiger partial charge in [0.15, 0.2) is 5.84 Å². The van der Waals surface area contributed by atoms with Crippen LogP contribution < -0.4 is 5.73 Å². The lowest BCUT2D eigenvalue weighted by Crippen LogP contribution is -2.17. The first-order chi connectivity index (χ1) is 7.74. The number of amidine groups is 1. The maximum Gasteiger partial charge on any atom is 0.173 e. The Morgan fingerprint density at radius 2 is 2.25 bits per heavy atom. The van der Waals surface area contributed by atoms with Crippen LogP contribution in [0.3, 0.4) is 0 Å². The Labute approximate surface area is 92.1 Å². The molecule has 0 unspecified atom stereocenters. The molecule has 2 rings (SSSR count). The second-order valence-electron chi connectivity index (χ2n) is 3.20. The lowest BCUT2D eigenvalue weighted by Gasteiger charge is -2.08.